The Labute approximate surface area is 62.3 Å². The first kappa shape index (κ1) is 5.68. The summed E-state index contributed by atoms with van der Waals surface area (Å²) in [6, 6.07) is 3.80. The second-order valence-electron chi connectivity index (χ2n) is 1.97. The second-order valence-corrected chi connectivity index (χ2v) is 2.85. The molecular formula is C7H5N2S. The number of nitrogen functional groups attached to an aromatic ring is 1. The van der Waals surface area contributed by atoms with Crippen molar-refractivity contribution in [3.05, 3.63) is 23.7 Å². The van der Waals surface area contributed by atoms with Gasteiger partial charge in [0.15, 0.2) is 0 Å². The van der Waals surface area contributed by atoms with Gasteiger partial charge in [0.1, 0.15) is 5.82 Å². The van der Waals surface area contributed by atoms with Gasteiger partial charge >= 0.3 is 0 Å². The molecule has 0 saturated carbocycles. The molecule has 10 heavy (non-hydrogen) atoms. The van der Waals surface area contributed by atoms with Crippen molar-refractivity contribution in [2.45, 2.75) is 0 Å². The van der Waals surface area contributed by atoms with E-state index in [0.717, 1.165) is 10.1 Å². The number of nitrogens with two attached hydrogens (primary N) is 1. The maximum atomic E-state index is 5.58. The maximum absolute atomic E-state index is 5.58. The van der Waals surface area contributed by atoms with Crippen LogP contribution < -0.4 is 5.73 Å². The van der Waals surface area contributed by atoms with E-state index in [1.165, 1.54) is 0 Å². The van der Waals surface area contributed by atoms with Gasteiger partial charge in [0.05, 0.1) is 0 Å². The molecule has 0 aromatic carbocycles. The molecule has 2 aromatic heterocycles. The zero-order valence-electron chi connectivity index (χ0n) is 5.16. The highest BCUT2D eigenvalue weighted by molar-refractivity contribution is 7.16. The third-order valence-corrected chi connectivity index (χ3v) is 2.16. The maximum Gasteiger partial charge on any atom is 0.132 e. The Hall–Kier alpha value is -1.09. The van der Waals surface area contributed by atoms with Crippen LogP contribution >= 0.6 is 11.3 Å². The van der Waals surface area contributed by atoms with Crippen molar-refractivity contribution in [1.29, 1.82) is 0 Å². The van der Waals surface area contributed by atoms with Crippen molar-refractivity contribution in [2.75, 3.05) is 5.73 Å². The largest absolute Gasteiger partial charge is 0.383 e. The number of fused-ring (bicyclic) bond motifs is 1. The summed E-state index contributed by atoms with van der Waals surface area (Å²) in [5.74, 6) is 0.593. The van der Waals surface area contributed by atoms with Gasteiger partial charge < -0.3 is 5.73 Å². The topological polar surface area (TPSA) is 38.9 Å². The Morgan fingerprint density at radius 2 is 2.50 bits per heavy atom. The van der Waals surface area contributed by atoms with E-state index in [0.29, 0.717) is 5.82 Å². The second kappa shape index (κ2) is 1.95. The molecule has 2 aromatic rings. The van der Waals surface area contributed by atoms with Crippen molar-refractivity contribution < 1.29 is 0 Å². The Kier molecular flexibility index (Phi) is 1.11. The molecule has 2 heterocycles. The van der Waals surface area contributed by atoms with Gasteiger partial charge in [-0.15, -0.1) is 11.3 Å². The van der Waals surface area contributed by atoms with Gasteiger partial charge in [-0.05, 0) is 12.1 Å². The Balaban J connectivity index is 2.95. The van der Waals surface area contributed by atoms with Gasteiger partial charge in [0.25, 0.3) is 0 Å². The monoisotopic (exact) mass is 149 g/mol. The van der Waals surface area contributed by atoms with Crippen molar-refractivity contribution in [3.63, 3.8) is 0 Å². The lowest BCUT2D eigenvalue weighted by Crippen LogP contribution is -1.87. The van der Waals surface area contributed by atoms with Gasteiger partial charge in [-0.25, -0.2) is 4.98 Å². The summed E-state index contributed by atoms with van der Waals surface area (Å²) in [5.41, 5.74) is 5.58. The molecule has 0 unspecified atom stereocenters. The lowest BCUT2D eigenvalue weighted by atomic mass is 10.3. The molecule has 2 rings (SSSR count). The lowest BCUT2D eigenvalue weighted by Gasteiger charge is -1.90. The molecule has 0 aliphatic heterocycles. The molecule has 0 fully saturated rings. The highest BCUT2D eigenvalue weighted by Gasteiger charge is 1.97. The summed E-state index contributed by atoms with van der Waals surface area (Å²) in [6.45, 7) is 0. The first-order valence-electron chi connectivity index (χ1n) is 2.88. The minimum Gasteiger partial charge on any atom is -0.383 e. The molecule has 0 amide bonds. The van der Waals surface area contributed by atoms with Gasteiger partial charge in [0.2, 0.25) is 0 Å². The highest BCUT2D eigenvalue weighted by atomic mass is 32.1. The van der Waals surface area contributed by atoms with Crippen LogP contribution in [0.4, 0.5) is 5.82 Å². The van der Waals surface area contributed by atoms with E-state index in [9.17, 15) is 0 Å². The molecule has 0 atom stereocenters. The molecule has 3 heteroatoms. The van der Waals surface area contributed by atoms with E-state index in [-0.39, 0.29) is 0 Å². The van der Waals surface area contributed by atoms with Crippen LogP contribution in [0.25, 0.3) is 10.1 Å². The van der Waals surface area contributed by atoms with Crippen LogP contribution in [-0.4, -0.2) is 4.98 Å². The summed E-state index contributed by atoms with van der Waals surface area (Å²) in [6.07, 6.45) is 1.71. The predicted octanol–water partition coefficient (Wildman–Crippen LogP) is 1.68. The summed E-state index contributed by atoms with van der Waals surface area (Å²) >= 11 is 1.56. The van der Waals surface area contributed by atoms with Crippen molar-refractivity contribution >= 4 is 27.2 Å². The highest BCUT2D eigenvalue weighted by Crippen LogP contribution is 2.22. The third kappa shape index (κ3) is 0.675. The van der Waals surface area contributed by atoms with E-state index >= 15 is 0 Å². The van der Waals surface area contributed by atoms with Crippen molar-refractivity contribution in [3.8, 4) is 0 Å². The average Bonchev–Trinajstić information content (AvgIpc) is 2.36. The van der Waals surface area contributed by atoms with Crippen LogP contribution in [0.1, 0.15) is 0 Å². The molecular weight excluding hydrogens is 144 g/mol. The summed E-state index contributed by atoms with van der Waals surface area (Å²) < 4.78 is 1.15. The quantitative estimate of drug-likeness (QED) is 0.619. The van der Waals surface area contributed by atoms with Gasteiger partial charge in [-0.2, -0.15) is 0 Å². The predicted molar refractivity (Wildman–Crippen MR) is 42.9 cm³/mol. The minimum absolute atomic E-state index is 0.593. The molecule has 0 aliphatic carbocycles. The minimum atomic E-state index is 0.593. The number of hydrogen-bond donors (Lipinski definition) is 1. The molecule has 2 nitrogen and oxygen atoms in total. The summed E-state index contributed by atoms with van der Waals surface area (Å²) in [7, 11) is 0. The number of thiophene rings is 1. The summed E-state index contributed by atoms with van der Waals surface area (Å²) in [5, 5.41) is 4.01. The normalized spacial score (nSPS) is 10.4. The van der Waals surface area contributed by atoms with Crippen LogP contribution in [0.2, 0.25) is 0 Å². The van der Waals surface area contributed by atoms with Crippen molar-refractivity contribution in [1.82, 2.24) is 4.98 Å². The van der Waals surface area contributed by atoms with E-state index in [1.54, 1.807) is 17.5 Å². The molecule has 0 spiro atoms. The molecule has 1 radical (unpaired) electrons. The van der Waals surface area contributed by atoms with Gasteiger partial charge in [0, 0.05) is 21.7 Å². The Bertz CT molecular complexity index is 353. The molecule has 49 valence electrons. The van der Waals surface area contributed by atoms with E-state index in [2.05, 4.69) is 10.4 Å². The van der Waals surface area contributed by atoms with Crippen LogP contribution in [0.15, 0.2) is 18.3 Å². The third-order valence-electron chi connectivity index (χ3n) is 1.35. The van der Waals surface area contributed by atoms with Crippen LogP contribution in [0, 0.1) is 5.38 Å². The van der Waals surface area contributed by atoms with E-state index in [4.69, 9.17) is 5.73 Å². The van der Waals surface area contributed by atoms with Crippen LogP contribution in [-0.2, 0) is 0 Å². The number of pyridine rings is 1. The standard InChI is InChI=1S/C7H5N2S/c8-7-5-2-4-10-6(5)1-3-9-7/h1-3H,(H2,8,9). The molecule has 2 N–H and O–H groups in total. The Morgan fingerprint density at radius 1 is 1.60 bits per heavy atom. The van der Waals surface area contributed by atoms with E-state index < -0.39 is 0 Å². The average molecular weight is 149 g/mol. The van der Waals surface area contributed by atoms with Gasteiger partial charge in [-0.3, -0.25) is 0 Å². The van der Waals surface area contributed by atoms with E-state index in [1.807, 2.05) is 12.1 Å². The van der Waals surface area contributed by atoms with Crippen molar-refractivity contribution in [2.24, 2.45) is 0 Å². The smallest absolute Gasteiger partial charge is 0.132 e. The number of rotatable bonds is 0. The first-order valence-corrected chi connectivity index (χ1v) is 3.69. The SMILES string of the molecule is Nc1nccc2s[c]cc12. The van der Waals surface area contributed by atoms with Gasteiger partial charge in [-0.1, -0.05) is 0 Å². The van der Waals surface area contributed by atoms with Crippen LogP contribution in [0.5, 0.6) is 0 Å². The zero-order valence-corrected chi connectivity index (χ0v) is 5.98. The molecule has 0 bridgehead atoms. The molecule has 0 saturated heterocycles. The molecule has 0 aliphatic rings. The summed E-state index contributed by atoms with van der Waals surface area (Å²) in [4.78, 5) is 3.94. The first-order chi connectivity index (χ1) is 4.88. The fourth-order valence-corrected chi connectivity index (χ4v) is 1.56. The van der Waals surface area contributed by atoms with Crippen LogP contribution in [0.3, 0.4) is 0 Å². The fourth-order valence-electron chi connectivity index (χ4n) is 0.857. The lowest BCUT2D eigenvalue weighted by molar-refractivity contribution is 1.38. The number of hydrogen-bond acceptors (Lipinski definition) is 3. The zero-order chi connectivity index (χ0) is 6.97. The number of aromatic nitrogens is 1. The number of nitrogens with zero attached hydrogens (tertiary/aromatic N) is 1. The number of anilines is 1. The fraction of sp³-hybridized carbons (Fsp3) is 0. The Morgan fingerprint density at radius 3 is 3.30 bits per heavy atom.